The lowest BCUT2D eigenvalue weighted by Gasteiger charge is -2.14. The van der Waals surface area contributed by atoms with Crippen LogP contribution < -0.4 is 5.73 Å². The van der Waals surface area contributed by atoms with Gasteiger partial charge in [0.15, 0.2) is 0 Å². The fourth-order valence-corrected chi connectivity index (χ4v) is 3.49. The van der Waals surface area contributed by atoms with Gasteiger partial charge < -0.3 is 5.73 Å². The minimum atomic E-state index is 0.176. The van der Waals surface area contributed by atoms with Crippen molar-refractivity contribution < 1.29 is 0 Å². The largest absolute Gasteiger partial charge is 0.327 e. The van der Waals surface area contributed by atoms with Gasteiger partial charge in [-0.2, -0.15) is 5.10 Å². The minimum absolute atomic E-state index is 0.176. The zero-order valence-corrected chi connectivity index (χ0v) is 12.3. The molecule has 0 radical (unpaired) electrons. The predicted molar refractivity (Wildman–Crippen MR) is 73.0 cm³/mol. The molecule has 1 fully saturated rings. The molecule has 1 aliphatic carbocycles. The standard InChI is InChI=1S/C14H26N4/c1-6-7-18-11(16-9-17-18)8-10(15)12-13(2,3)14(12,4)5/h9-10,12H,6-8,15H2,1-5H3. The summed E-state index contributed by atoms with van der Waals surface area (Å²) in [5.41, 5.74) is 7.08. The van der Waals surface area contributed by atoms with Gasteiger partial charge in [0.1, 0.15) is 12.2 Å². The molecule has 1 unspecified atom stereocenters. The third-order valence-electron chi connectivity index (χ3n) is 5.11. The summed E-state index contributed by atoms with van der Waals surface area (Å²) in [6, 6.07) is 0.176. The molecule has 4 nitrogen and oxygen atoms in total. The van der Waals surface area contributed by atoms with Crippen LogP contribution in [-0.2, 0) is 13.0 Å². The zero-order chi connectivity index (χ0) is 13.6. The predicted octanol–water partition coefficient (Wildman–Crippen LogP) is 2.24. The molecule has 1 aromatic rings. The zero-order valence-electron chi connectivity index (χ0n) is 12.3. The van der Waals surface area contributed by atoms with Crippen molar-refractivity contribution in [1.82, 2.24) is 14.8 Å². The first-order chi connectivity index (χ1) is 8.32. The van der Waals surface area contributed by atoms with E-state index in [1.165, 1.54) is 0 Å². The van der Waals surface area contributed by atoms with Gasteiger partial charge in [-0.25, -0.2) is 4.98 Å². The van der Waals surface area contributed by atoms with Crippen LogP contribution in [0.15, 0.2) is 6.33 Å². The number of aryl methyl sites for hydroxylation is 1. The normalized spacial score (nSPS) is 23.0. The molecule has 0 spiro atoms. The Hall–Kier alpha value is -0.900. The van der Waals surface area contributed by atoms with E-state index in [2.05, 4.69) is 44.7 Å². The average Bonchev–Trinajstić information content (AvgIpc) is 2.59. The highest BCUT2D eigenvalue weighted by Crippen LogP contribution is 2.69. The Morgan fingerprint density at radius 1 is 1.33 bits per heavy atom. The maximum Gasteiger partial charge on any atom is 0.138 e. The molecule has 2 rings (SSSR count). The lowest BCUT2D eigenvalue weighted by molar-refractivity contribution is 0.456. The third-order valence-corrected chi connectivity index (χ3v) is 5.11. The Kier molecular flexibility index (Phi) is 3.26. The summed E-state index contributed by atoms with van der Waals surface area (Å²) in [5.74, 6) is 1.60. The van der Waals surface area contributed by atoms with Crippen molar-refractivity contribution in [3.8, 4) is 0 Å². The SMILES string of the molecule is CCCn1ncnc1CC(N)C1C(C)(C)C1(C)C. The van der Waals surface area contributed by atoms with Crippen molar-refractivity contribution in [3.63, 3.8) is 0 Å². The molecule has 1 atom stereocenters. The fraction of sp³-hybridized carbons (Fsp3) is 0.857. The fourth-order valence-electron chi connectivity index (χ4n) is 3.49. The molecular formula is C14H26N4. The third kappa shape index (κ3) is 1.96. The van der Waals surface area contributed by atoms with Gasteiger partial charge in [0.2, 0.25) is 0 Å². The van der Waals surface area contributed by atoms with Crippen molar-refractivity contribution in [2.45, 2.75) is 60.0 Å². The molecule has 0 bridgehead atoms. The molecule has 1 heterocycles. The van der Waals surface area contributed by atoms with Crippen molar-refractivity contribution >= 4 is 0 Å². The summed E-state index contributed by atoms with van der Waals surface area (Å²) >= 11 is 0. The molecule has 4 heteroatoms. The molecule has 1 aliphatic rings. The van der Waals surface area contributed by atoms with Gasteiger partial charge >= 0.3 is 0 Å². The van der Waals surface area contributed by atoms with E-state index in [1.54, 1.807) is 6.33 Å². The molecule has 0 saturated heterocycles. The molecule has 1 aromatic heterocycles. The van der Waals surface area contributed by atoms with Crippen LogP contribution in [0.4, 0.5) is 0 Å². The molecule has 1 saturated carbocycles. The summed E-state index contributed by atoms with van der Waals surface area (Å²) in [6.07, 6.45) is 3.55. The molecule has 18 heavy (non-hydrogen) atoms. The topological polar surface area (TPSA) is 56.7 Å². The Morgan fingerprint density at radius 2 is 1.94 bits per heavy atom. The number of aromatic nitrogens is 3. The number of hydrogen-bond donors (Lipinski definition) is 1. The first kappa shape index (κ1) is 13.5. The van der Waals surface area contributed by atoms with Gasteiger partial charge in [0.05, 0.1) is 0 Å². The highest BCUT2D eigenvalue weighted by molar-refractivity contribution is 5.16. The Morgan fingerprint density at radius 3 is 2.44 bits per heavy atom. The first-order valence-corrected chi connectivity index (χ1v) is 6.94. The Balaban J connectivity index is 2.05. The van der Waals surface area contributed by atoms with Crippen LogP contribution in [0, 0.1) is 16.7 Å². The Bertz CT molecular complexity index is 405. The first-order valence-electron chi connectivity index (χ1n) is 6.94. The number of hydrogen-bond acceptors (Lipinski definition) is 3. The van der Waals surface area contributed by atoms with Gasteiger partial charge in [-0.1, -0.05) is 34.6 Å². The second-order valence-corrected chi connectivity index (χ2v) is 6.69. The molecule has 0 amide bonds. The van der Waals surface area contributed by atoms with E-state index in [-0.39, 0.29) is 6.04 Å². The van der Waals surface area contributed by atoms with E-state index < -0.39 is 0 Å². The van der Waals surface area contributed by atoms with Gasteiger partial charge in [0, 0.05) is 19.0 Å². The smallest absolute Gasteiger partial charge is 0.138 e. The van der Waals surface area contributed by atoms with E-state index in [1.807, 2.05) is 4.68 Å². The Labute approximate surface area is 110 Å². The second-order valence-electron chi connectivity index (χ2n) is 6.69. The van der Waals surface area contributed by atoms with Crippen molar-refractivity contribution in [3.05, 3.63) is 12.2 Å². The summed E-state index contributed by atoms with van der Waals surface area (Å²) in [7, 11) is 0. The summed E-state index contributed by atoms with van der Waals surface area (Å²) in [4.78, 5) is 4.35. The van der Waals surface area contributed by atoms with Crippen LogP contribution in [-0.4, -0.2) is 20.8 Å². The van der Waals surface area contributed by atoms with Crippen LogP contribution in [0.1, 0.15) is 46.9 Å². The van der Waals surface area contributed by atoms with Gasteiger partial charge in [-0.15, -0.1) is 0 Å². The number of nitrogens with zero attached hydrogens (tertiary/aromatic N) is 3. The van der Waals surface area contributed by atoms with Crippen LogP contribution in [0.3, 0.4) is 0 Å². The second kappa shape index (κ2) is 4.34. The highest BCUT2D eigenvalue weighted by atomic mass is 15.3. The lowest BCUT2D eigenvalue weighted by atomic mass is 10.0. The molecule has 0 aliphatic heterocycles. The van der Waals surface area contributed by atoms with E-state index in [9.17, 15) is 0 Å². The van der Waals surface area contributed by atoms with Gasteiger partial charge in [-0.05, 0) is 23.2 Å². The van der Waals surface area contributed by atoms with Gasteiger partial charge in [0.25, 0.3) is 0 Å². The number of nitrogens with two attached hydrogens (primary N) is 1. The monoisotopic (exact) mass is 250 g/mol. The van der Waals surface area contributed by atoms with E-state index in [0.29, 0.717) is 16.7 Å². The van der Waals surface area contributed by atoms with Crippen LogP contribution >= 0.6 is 0 Å². The van der Waals surface area contributed by atoms with Crippen LogP contribution in [0.25, 0.3) is 0 Å². The number of rotatable bonds is 5. The van der Waals surface area contributed by atoms with E-state index >= 15 is 0 Å². The van der Waals surface area contributed by atoms with Crippen LogP contribution in [0.2, 0.25) is 0 Å². The van der Waals surface area contributed by atoms with E-state index in [0.717, 1.165) is 25.2 Å². The quantitative estimate of drug-likeness (QED) is 0.872. The summed E-state index contributed by atoms with van der Waals surface area (Å²) in [5, 5.41) is 4.26. The summed E-state index contributed by atoms with van der Waals surface area (Å²) in [6.45, 7) is 12.3. The van der Waals surface area contributed by atoms with Crippen molar-refractivity contribution in [2.24, 2.45) is 22.5 Å². The van der Waals surface area contributed by atoms with Crippen LogP contribution in [0.5, 0.6) is 0 Å². The summed E-state index contributed by atoms with van der Waals surface area (Å²) < 4.78 is 1.99. The maximum absolute atomic E-state index is 6.41. The van der Waals surface area contributed by atoms with Gasteiger partial charge in [-0.3, -0.25) is 4.68 Å². The van der Waals surface area contributed by atoms with Crippen molar-refractivity contribution in [1.29, 1.82) is 0 Å². The molecule has 102 valence electrons. The lowest BCUT2D eigenvalue weighted by Crippen LogP contribution is -2.30. The maximum atomic E-state index is 6.41. The molecule has 2 N–H and O–H groups in total. The molecular weight excluding hydrogens is 224 g/mol. The highest BCUT2D eigenvalue weighted by Gasteiger charge is 2.66. The average molecular weight is 250 g/mol. The minimum Gasteiger partial charge on any atom is -0.327 e. The van der Waals surface area contributed by atoms with Crippen molar-refractivity contribution in [2.75, 3.05) is 0 Å². The van der Waals surface area contributed by atoms with E-state index in [4.69, 9.17) is 5.73 Å². The molecule has 0 aromatic carbocycles.